The van der Waals surface area contributed by atoms with E-state index in [4.69, 9.17) is 0 Å². The minimum absolute atomic E-state index is 0.0584. The molecule has 1 aromatic heterocycles. The van der Waals surface area contributed by atoms with Gasteiger partial charge in [0.25, 0.3) is 5.91 Å². The van der Waals surface area contributed by atoms with Gasteiger partial charge < -0.3 is 9.88 Å². The zero-order valence-electron chi connectivity index (χ0n) is 16.4. The normalized spacial score (nSPS) is 13.2. The van der Waals surface area contributed by atoms with E-state index in [1.807, 2.05) is 63.2 Å². The predicted molar refractivity (Wildman–Crippen MR) is 105 cm³/mol. The zero-order chi connectivity index (χ0) is 19.5. The van der Waals surface area contributed by atoms with Crippen molar-refractivity contribution in [1.29, 1.82) is 5.26 Å². The van der Waals surface area contributed by atoms with Crippen LogP contribution < -0.4 is 5.32 Å². The summed E-state index contributed by atoms with van der Waals surface area (Å²) in [6, 6.07) is 13.6. The highest BCUT2D eigenvalue weighted by Gasteiger charge is 2.20. The molecule has 0 bridgehead atoms. The molecule has 1 N–H and O–H groups in total. The van der Waals surface area contributed by atoms with E-state index >= 15 is 0 Å². The number of carbonyl (C=O) groups excluding carboxylic acids is 1. The van der Waals surface area contributed by atoms with Gasteiger partial charge in [0.15, 0.2) is 0 Å². The van der Waals surface area contributed by atoms with Crippen molar-refractivity contribution in [3.63, 3.8) is 0 Å². The van der Waals surface area contributed by atoms with Gasteiger partial charge >= 0.3 is 0 Å². The molecule has 0 unspecified atom stereocenters. The van der Waals surface area contributed by atoms with E-state index in [1.165, 1.54) is 0 Å². The third kappa shape index (κ3) is 4.23. The lowest BCUT2D eigenvalue weighted by atomic mass is 10.1. The van der Waals surface area contributed by atoms with E-state index in [1.54, 1.807) is 6.08 Å². The molecule has 0 radical (unpaired) electrons. The molecule has 1 aromatic carbocycles. The summed E-state index contributed by atoms with van der Waals surface area (Å²) < 4.78 is 2.22. The third-order valence-electron chi connectivity index (χ3n) is 4.45. The molecule has 0 aliphatic carbocycles. The number of aromatic nitrogens is 1. The van der Waals surface area contributed by atoms with Crippen molar-refractivity contribution >= 4 is 12.0 Å². The monoisotopic (exact) mass is 349 g/mol. The van der Waals surface area contributed by atoms with Gasteiger partial charge in [-0.3, -0.25) is 4.79 Å². The van der Waals surface area contributed by atoms with Crippen LogP contribution in [0.2, 0.25) is 0 Å². The number of nitrogens with zero attached hydrogens (tertiary/aromatic N) is 2. The molecule has 4 heteroatoms. The van der Waals surface area contributed by atoms with E-state index in [2.05, 4.69) is 30.7 Å². The molecular formula is C22H27N3O. The van der Waals surface area contributed by atoms with Gasteiger partial charge in [0.2, 0.25) is 0 Å². The number of nitrogens with one attached hydrogen (secondary N) is 1. The molecule has 0 spiro atoms. The maximum atomic E-state index is 12.6. The third-order valence-corrected chi connectivity index (χ3v) is 4.45. The number of rotatable bonds is 4. The average molecular weight is 349 g/mol. The minimum Gasteiger partial charge on any atom is -0.345 e. The lowest BCUT2D eigenvalue weighted by Gasteiger charge is -2.25. The number of carbonyl (C=O) groups is 1. The number of benzene rings is 1. The largest absolute Gasteiger partial charge is 0.345 e. The van der Waals surface area contributed by atoms with E-state index in [0.29, 0.717) is 0 Å². The average Bonchev–Trinajstić information content (AvgIpc) is 2.86. The lowest BCUT2D eigenvalue weighted by Crippen LogP contribution is -2.27. The first-order chi connectivity index (χ1) is 12.1. The first kappa shape index (κ1) is 19.5. The predicted octanol–water partition coefficient (Wildman–Crippen LogP) is 4.64. The van der Waals surface area contributed by atoms with Gasteiger partial charge in [-0.05, 0) is 64.8 Å². The van der Waals surface area contributed by atoms with Gasteiger partial charge in [-0.1, -0.05) is 30.3 Å². The first-order valence-electron chi connectivity index (χ1n) is 8.82. The SMILES string of the molecule is Cc1cc(/C=C(/C#N)C(=O)N[C@@H](C)c2ccccc2)c(C)n1C(C)(C)C. The molecule has 1 atom stereocenters. The van der Waals surface area contributed by atoms with Crippen molar-refractivity contribution in [1.82, 2.24) is 9.88 Å². The fourth-order valence-electron chi connectivity index (χ4n) is 3.37. The Balaban J connectivity index is 2.28. The summed E-state index contributed by atoms with van der Waals surface area (Å²) in [5.74, 6) is -0.357. The summed E-state index contributed by atoms with van der Waals surface area (Å²) >= 11 is 0. The standard InChI is InChI=1S/C22H27N3O/c1-15-12-19(17(3)25(15)22(4,5)6)13-20(14-23)21(26)24-16(2)18-10-8-7-9-11-18/h7-13,16H,1-6H3,(H,24,26)/b20-13-/t16-/m0/s1. The number of nitriles is 1. The van der Waals surface area contributed by atoms with Crippen LogP contribution in [-0.2, 0) is 10.3 Å². The quantitative estimate of drug-likeness (QED) is 0.645. The van der Waals surface area contributed by atoms with Crippen LogP contribution in [0.3, 0.4) is 0 Å². The molecule has 1 amide bonds. The van der Waals surface area contributed by atoms with Crippen LogP contribution in [0, 0.1) is 25.2 Å². The summed E-state index contributed by atoms with van der Waals surface area (Å²) in [4.78, 5) is 12.6. The van der Waals surface area contributed by atoms with Gasteiger partial charge in [0.1, 0.15) is 11.6 Å². The highest BCUT2D eigenvalue weighted by atomic mass is 16.1. The van der Waals surface area contributed by atoms with Crippen molar-refractivity contribution in [3.8, 4) is 6.07 Å². The molecule has 0 saturated heterocycles. The molecule has 26 heavy (non-hydrogen) atoms. The summed E-state index contributed by atoms with van der Waals surface area (Å²) in [5.41, 5.74) is 4.11. The Bertz CT molecular complexity index is 861. The van der Waals surface area contributed by atoms with Crippen molar-refractivity contribution in [2.75, 3.05) is 0 Å². The zero-order valence-corrected chi connectivity index (χ0v) is 16.4. The molecule has 0 fully saturated rings. The Labute approximate surface area is 156 Å². The Morgan fingerprint density at radius 2 is 1.85 bits per heavy atom. The molecule has 0 aliphatic heterocycles. The number of amides is 1. The second kappa shape index (κ2) is 7.61. The van der Waals surface area contributed by atoms with E-state index in [9.17, 15) is 10.1 Å². The Morgan fingerprint density at radius 3 is 2.35 bits per heavy atom. The second-order valence-electron chi connectivity index (χ2n) is 7.61. The van der Waals surface area contributed by atoms with Gasteiger partial charge in [-0.2, -0.15) is 5.26 Å². The Morgan fingerprint density at radius 1 is 1.23 bits per heavy atom. The minimum atomic E-state index is -0.357. The lowest BCUT2D eigenvalue weighted by molar-refractivity contribution is -0.117. The molecule has 0 aliphatic rings. The molecule has 1 heterocycles. The van der Waals surface area contributed by atoms with Crippen molar-refractivity contribution < 1.29 is 4.79 Å². The van der Waals surface area contributed by atoms with Crippen molar-refractivity contribution in [3.05, 3.63) is 64.5 Å². The number of aryl methyl sites for hydroxylation is 1. The second-order valence-corrected chi connectivity index (χ2v) is 7.61. The summed E-state index contributed by atoms with van der Waals surface area (Å²) in [6.07, 6.45) is 1.68. The van der Waals surface area contributed by atoms with Gasteiger partial charge in [0, 0.05) is 16.9 Å². The van der Waals surface area contributed by atoms with E-state index in [-0.39, 0.29) is 23.1 Å². The molecule has 2 aromatic rings. The Hall–Kier alpha value is -2.80. The first-order valence-corrected chi connectivity index (χ1v) is 8.82. The van der Waals surface area contributed by atoms with Gasteiger partial charge in [-0.25, -0.2) is 0 Å². The van der Waals surface area contributed by atoms with Crippen molar-refractivity contribution in [2.45, 2.75) is 53.1 Å². The summed E-state index contributed by atoms with van der Waals surface area (Å²) in [6.45, 7) is 12.4. The molecule has 4 nitrogen and oxygen atoms in total. The summed E-state index contributed by atoms with van der Waals surface area (Å²) in [5, 5.41) is 12.4. The van der Waals surface area contributed by atoms with Crippen molar-refractivity contribution in [2.24, 2.45) is 0 Å². The van der Waals surface area contributed by atoms with Crippen LogP contribution >= 0.6 is 0 Å². The number of hydrogen-bond acceptors (Lipinski definition) is 2. The molecular weight excluding hydrogens is 322 g/mol. The molecule has 136 valence electrons. The summed E-state index contributed by atoms with van der Waals surface area (Å²) in [7, 11) is 0. The van der Waals surface area contributed by atoms with Crippen LogP contribution in [0.4, 0.5) is 0 Å². The van der Waals surface area contributed by atoms with E-state index in [0.717, 1.165) is 22.5 Å². The fraction of sp³-hybridized carbons (Fsp3) is 0.364. The highest BCUT2D eigenvalue weighted by molar-refractivity contribution is 6.02. The van der Waals surface area contributed by atoms with Crippen LogP contribution in [0.1, 0.15) is 56.3 Å². The number of hydrogen-bond donors (Lipinski definition) is 1. The van der Waals surface area contributed by atoms with Gasteiger partial charge in [-0.15, -0.1) is 0 Å². The van der Waals surface area contributed by atoms with Gasteiger partial charge in [0.05, 0.1) is 6.04 Å². The maximum absolute atomic E-state index is 12.6. The van der Waals surface area contributed by atoms with Crippen LogP contribution in [0.5, 0.6) is 0 Å². The fourth-order valence-corrected chi connectivity index (χ4v) is 3.37. The topological polar surface area (TPSA) is 57.8 Å². The maximum Gasteiger partial charge on any atom is 0.262 e. The molecule has 2 rings (SSSR count). The smallest absolute Gasteiger partial charge is 0.262 e. The van der Waals surface area contributed by atoms with E-state index < -0.39 is 0 Å². The Kier molecular flexibility index (Phi) is 5.72. The molecule has 0 saturated carbocycles. The van der Waals surface area contributed by atoms with Crippen LogP contribution in [0.25, 0.3) is 6.08 Å². The highest BCUT2D eigenvalue weighted by Crippen LogP contribution is 2.26. The van der Waals surface area contributed by atoms with Crippen LogP contribution in [0.15, 0.2) is 42.0 Å². The van der Waals surface area contributed by atoms with Crippen LogP contribution in [-0.4, -0.2) is 10.5 Å².